The van der Waals surface area contributed by atoms with Crippen molar-refractivity contribution in [3.63, 3.8) is 0 Å². The zero-order valence-electron chi connectivity index (χ0n) is 21.3. The number of nitrogens with one attached hydrogen (secondary N) is 1. The number of aromatic nitrogens is 4. The first-order valence-corrected chi connectivity index (χ1v) is 12.8. The summed E-state index contributed by atoms with van der Waals surface area (Å²) in [6.45, 7) is 8.21. The molecule has 9 nitrogen and oxygen atoms in total. The number of aryl methyl sites for hydroxylation is 2. The lowest BCUT2D eigenvalue weighted by molar-refractivity contribution is -0.192. The molecule has 2 N–H and O–H groups in total. The fourth-order valence-electron chi connectivity index (χ4n) is 5.57. The van der Waals surface area contributed by atoms with Gasteiger partial charge in [0.25, 0.3) is 0 Å². The van der Waals surface area contributed by atoms with Crippen molar-refractivity contribution in [2.45, 2.75) is 63.8 Å². The van der Waals surface area contributed by atoms with Gasteiger partial charge in [0.1, 0.15) is 11.6 Å². The van der Waals surface area contributed by atoms with Crippen molar-refractivity contribution in [3.05, 3.63) is 41.3 Å². The number of carboxylic acids is 1. The number of anilines is 1. The number of aliphatic carboxylic acids is 1. The molecule has 0 radical (unpaired) electrons. The van der Waals surface area contributed by atoms with Gasteiger partial charge >= 0.3 is 12.1 Å². The number of alkyl halides is 3. The molecule has 2 aromatic heterocycles. The molecule has 0 amide bonds. The molecule has 0 aliphatic carbocycles. The fraction of sp³-hybridized carbons (Fsp3) is 0.538. The molecule has 6 rings (SSSR count). The summed E-state index contributed by atoms with van der Waals surface area (Å²) < 4.78 is 39.7. The highest BCUT2D eigenvalue weighted by atomic mass is 19.4. The lowest BCUT2D eigenvalue weighted by atomic mass is 9.87. The summed E-state index contributed by atoms with van der Waals surface area (Å²) in [6.07, 6.45) is 2.23. The topological polar surface area (TPSA) is 105 Å². The molecule has 1 aromatic carbocycles. The van der Waals surface area contributed by atoms with Crippen LogP contribution < -0.4 is 10.2 Å². The van der Waals surface area contributed by atoms with E-state index in [1.54, 1.807) is 0 Å². The first kappa shape index (κ1) is 26.4. The van der Waals surface area contributed by atoms with E-state index in [9.17, 15) is 13.2 Å². The van der Waals surface area contributed by atoms with Gasteiger partial charge in [0, 0.05) is 24.5 Å². The Morgan fingerprint density at radius 2 is 1.66 bits per heavy atom. The summed E-state index contributed by atoms with van der Waals surface area (Å²) in [5, 5.41) is 16.5. The number of hydrogen-bond donors (Lipinski definition) is 2. The van der Waals surface area contributed by atoms with Crippen molar-refractivity contribution in [3.8, 4) is 5.82 Å². The highest BCUT2D eigenvalue weighted by Gasteiger charge is 2.38. The third-order valence-corrected chi connectivity index (χ3v) is 7.37. The standard InChI is InChI=1S/C24H30N6O.C2HF3O2/c1-15-9-18-12-26-30(22(18)10-21(15)17-5-7-25-8-6-17)24-11-23(27-16(2)28-24)29-13-19-3-4-20(14-29)31-19;3-2(4,5)1(6)7/h9-12,17,19-20,25H,3-8,13-14H2,1-2H3;(H,6,7). The van der Waals surface area contributed by atoms with Gasteiger partial charge in [0.15, 0.2) is 5.82 Å². The number of halogens is 3. The van der Waals surface area contributed by atoms with Crippen LogP contribution >= 0.6 is 0 Å². The molecule has 0 spiro atoms. The number of morpholine rings is 1. The van der Waals surface area contributed by atoms with E-state index in [0.29, 0.717) is 18.1 Å². The molecule has 38 heavy (non-hydrogen) atoms. The minimum atomic E-state index is -5.08. The minimum Gasteiger partial charge on any atom is -0.475 e. The van der Waals surface area contributed by atoms with Crippen molar-refractivity contribution in [1.82, 2.24) is 25.1 Å². The van der Waals surface area contributed by atoms with Crippen molar-refractivity contribution in [2.75, 3.05) is 31.1 Å². The quantitative estimate of drug-likeness (QED) is 0.524. The van der Waals surface area contributed by atoms with Crippen LogP contribution in [-0.2, 0) is 9.53 Å². The molecule has 3 aromatic rings. The van der Waals surface area contributed by atoms with Gasteiger partial charge in [-0.3, -0.25) is 0 Å². The zero-order chi connectivity index (χ0) is 27.0. The minimum absolute atomic E-state index is 0.332. The number of fused-ring (bicyclic) bond motifs is 3. The number of piperidine rings is 1. The van der Waals surface area contributed by atoms with Crippen LogP contribution in [0.25, 0.3) is 16.7 Å². The smallest absolute Gasteiger partial charge is 0.475 e. The predicted molar refractivity (Wildman–Crippen MR) is 135 cm³/mol. The second-order valence-electron chi connectivity index (χ2n) is 10.1. The second kappa shape index (κ2) is 10.5. The molecule has 2 bridgehead atoms. The summed E-state index contributed by atoms with van der Waals surface area (Å²) in [5.41, 5.74) is 3.94. The summed E-state index contributed by atoms with van der Waals surface area (Å²) in [6, 6.07) is 6.72. The van der Waals surface area contributed by atoms with Gasteiger partial charge in [-0.2, -0.15) is 18.3 Å². The van der Waals surface area contributed by atoms with Gasteiger partial charge in [-0.05, 0) is 81.8 Å². The number of benzene rings is 1. The third kappa shape index (κ3) is 5.60. The van der Waals surface area contributed by atoms with Crippen molar-refractivity contribution in [1.29, 1.82) is 0 Å². The maximum Gasteiger partial charge on any atom is 0.490 e. The Bertz CT molecular complexity index is 1310. The molecule has 0 saturated carbocycles. The summed E-state index contributed by atoms with van der Waals surface area (Å²) in [4.78, 5) is 20.8. The van der Waals surface area contributed by atoms with Crippen LogP contribution in [0, 0.1) is 13.8 Å². The number of hydrogen-bond acceptors (Lipinski definition) is 7. The van der Waals surface area contributed by atoms with Crippen molar-refractivity contribution < 1.29 is 27.8 Å². The van der Waals surface area contributed by atoms with Crippen molar-refractivity contribution >= 4 is 22.7 Å². The average Bonchev–Trinajstić information content (AvgIpc) is 3.44. The summed E-state index contributed by atoms with van der Waals surface area (Å²) in [7, 11) is 0. The molecule has 5 heterocycles. The maximum atomic E-state index is 10.6. The molecule has 204 valence electrons. The molecule has 12 heteroatoms. The molecular weight excluding hydrogens is 501 g/mol. The lowest BCUT2D eigenvalue weighted by Gasteiger charge is -2.33. The van der Waals surface area contributed by atoms with E-state index in [-0.39, 0.29) is 0 Å². The van der Waals surface area contributed by atoms with E-state index < -0.39 is 12.1 Å². The first-order chi connectivity index (χ1) is 18.1. The Morgan fingerprint density at radius 1 is 1.03 bits per heavy atom. The normalized spacial score (nSPS) is 21.9. The molecule has 2 atom stereocenters. The number of carboxylic acid groups (broad SMARTS) is 1. The Labute approximate surface area is 218 Å². The van der Waals surface area contributed by atoms with Crippen LogP contribution in [0.1, 0.15) is 48.6 Å². The monoisotopic (exact) mass is 532 g/mol. The van der Waals surface area contributed by atoms with Gasteiger partial charge in [0.05, 0.1) is 23.9 Å². The fourth-order valence-corrected chi connectivity index (χ4v) is 5.57. The zero-order valence-corrected chi connectivity index (χ0v) is 21.3. The highest BCUT2D eigenvalue weighted by Crippen LogP contribution is 2.33. The van der Waals surface area contributed by atoms with Gasteiger partial charge in [0.2, 0.25) is 0 Å². The van der Waals surface area contributed by atoms with E-state index in [2.05, 4.69) is 35.3 Å². The average molecular weight is 533 g/mol. The second-order valence-corrected chi connectivity index (χ2v) is 10.1. The van der Waals surface area contributed by atoms with Crippen molar-refractivity contribution in [2.24, 2.45) is 0 Å². The molecule has 3 aliphatic heterocycles. The van der Waals surface area contributed by atoms with Gasteiger partial charge in [-0.25, -0.2) is 19.4 Å². The molecule has 3 fully saturated rings. The van der Waals surface area contributed by atoms with Crippen LogP contribution in [0.2, 0.25) is 0 Å². The van der Waals surface area contributed by atoms with Gasteiger partial charge in [-0.1, -0.05) is 0 Å². The van der Waals surface area contributed by atoms with Crippen LogP contribution in [-0.4, -0.2) is 75.4 Å². The largest absolute Gasteiger partial charge is 0.490 e. The molecular formula is C26H31F3N6O3. The van der Waals surface area contributed by atoms with E-state index >= 15 is 0 Å². The maximum absolute atomic E-state index is 10.6. The number of rotatable bonds is 3. The predicted octanol–water partition coefficient (Wildman–Crippen LogP) is 3.90. The SMILES string of the molecule is Cc1nc(N2CC3CCC(C2)O3)cc(-n2ncc3cc(C)c(C4CCNCC4)cc32)n1.O=C(O)C(F)(F)F. The highest BCUT2D eigenvalue weighted by molar-refractivity contribution is 5.82. The number of carbonyl (C=O) groups is 1. The van der Waals surface area contributed by atoms with Crippen LogP contribution in [0.5, 0.6) is 0 Å². The van der Waals surface area contributed by atoms with Gasteiger partial charge < -0.3 is 20.1 Å². The third-order valence-electron chi connectivity index (χ3n) is 7.37. The first-order valence-electron chi connectivity index (χ1n) is 12.8. The van der Waals surface area contributed by atoms with Crippen LogP contribution in [0.15, 0.2) is 24.4 Å². The van der Waals surface area contributed by atoms with Crippen LogP contribution in [0.3, 0.4) is 0 Å². The Morgan fingerprint density at radius 3 is 2.29 bits per heavy atom. The van der Waals surface area contributed by atoms with E-state index in [1.165, 1.54) is 24.0 Å². The Hall–Kier alpha value is -3.25. The Balaban J connectivity index is 0.000000374. The molecule has 3 aliphatic rings. The van der Waals surface area contributed by atoms with E-state index in [4.69, 9.17) is 29.7 Å². The number of ether oxygens (including phenoxy) is 1. The van der Waals surface area contributed by atoms with E-state index in [1.807, 2.05) is 17.8 Å². The number of nitrogens with zero attached hydrogens (tertiary/aromatic N) is 5. The molecule has 2 unspecified atom stereocenters. The summed E-state index contributed by atoms with van der Waals surface area (Å²) in [5.74, 6) is 0.460. The lowest BCUT2D eigenvalue weighted by Crippen LogP contribution is -2.43. The van der Waals surface area contributed by atoms with E-state index in [0.717, 1.165) is 67.4 Å². The van der Waals surface area contributed by atoms with Gasteiger partial charge in [-0.15, -0.1) is 0 Å². The molecule has 3 saturated heterocycles. The summed E-state index contributed by atoms with van der Waals surface area (Å²) >= 11 is 0. The Kier molecular flexibility index (Phi) is 7.28. The van der Waals surface area contributed by atoms with Crippen LogP contribution in [0.4, 0.5) is 19.0 Å².